The summed E-state index contributed by atoms with van der Waals surface area (Å²) < 4.78 is 18.0. The predicted octanol–water partition coefficient (Wildman–Crippen LogP) is 2.32. The number of amidine groups is 1. The third-order valence-corrected chi connectivity index (χ3v) is 3.01. The summed E-state index contributed by atoms with van der Waals surface area (Å²) in [6.45, 7) is 5.14. The highest BCUT2D eigenvalue weighted by atomic mass is 79.9. The molecule has 2 rings (SSSR count). The van der Waals surface area contributed by atoms with Crippen molar-refractivity contribution in [1.29, 1.82) is 0 Å². The van der Waals surface area contributed by atoms with Gasteiger partial charge in [0.15, 0.2) is 11.5 Å². The second kappa shape index (κ2) is 11.0. The summed E-state index contributed by atoms with van der Waals surface area (Å²) in [7, 11) is 1.08. The number of aliphatic imine (C=N–C) groups is 1. The first kappa shape index (κ1) is 20.4. The summed E-state index contributed by atoms with van der Waals surface area (Å²) in [6.07, 6.45) is 0. The normalized spacial score (nSPS) is 10.8. The van der Waals surface area contributed by atoms with Crippen molar-refractivity contribution in [3.8, 4) is 0 Å². The van der Waals surface area contributed by atoms with Gasteiger partial charge in [-0.3, -0.25) is 10.7 Å². The van der Waals surface area contributed by atoms with Gasteiger partial charge in [-0.15, -0.1) is 8.58 Å². The molecule has 0 saturated heterocycles. The van der Waals surface area contributed by atoms with Crippen molar-refractivity contribution in [1.82, 2.24) is 15.8 Å². The van der Waals surface area contributed by atoms with Crippen LogP contribution in [0.3, 0.4) is 0 Å². The van der Waals surface area contributed by atoms with Gasteiger partial charge in [0.2, 0.25) is 5.82 Å². The van der Waals surface area contributed by atoms with Crippen molar-refractivity contribution in [3.05, 3.63) is 34.2 Å². The van der Waals surface area contributed by atoms with Gasteiger partial charge in [0, 0.05) is 13.1 Å². The fourth-order valence-electron chi connectivity index (χ4n) is 1.47. The van der Waals surface area contributed by atoms with Gasteiger partial charge in [0.05, 0.1) is 10.2 Å². The Morgan fingerprint density at radius 1 is 1.46 bits per heavy atom. The lowest BCUT2D eigenvalue weighted by Crippen LogP contribution is -2.23. The zero-order chi connectivity index (χ0) is 17.9. The Morgan fingerprint density at radius 3 is 2.75 bits per heavy atom. The molecule has 0 fully saturated rings. The number of anilines is 1. The van der Waals surface area contributed by atoms with Crippen LogP contribution in [0, 0.1) is 5.82 Å². The van der Waals surface area contributed by atoms with Crippen LogP contribution < -0.4 is 16.5 Å². The number of benzene rings is 1. The van der Waals surface area contributed by atoms with Gasteiger partial charge >= 0.3 is 0 Å². The van der Waals surface area contributed by atoms with E-state index in [0.717, 1.165) is 8.58 Å². The molecule has 0 amide bonds. The third kappa shape index (κ3) is 6.12. The first-order chi connectivity index (χ1) is 11.6. The van der Waals surface area contributed by atoms with Crippen molar-refractivity contribution in [2.45, 2.75) is 0 Å². The second-order valence-electron chi connectivity index (χ2n) is 4.35. The molecule has 0 radical (unpaired) electrons. The fourth-order valence-corrected chi connectivity index (χ4v) is 1.83. The van der Waals surface area contributed by atoms with E-state index >= 15 is 0 Å². The molecule has 0 unspecified atom stereocenters. The molecule has 2 aromatic rings. The molecular formula is C13H19BrFN6O2P. The summed E-state index contributed by atoms with van der Waals surface area (Å²) >= 11 is 3.06. The largest absolute Gasteiger partial charge is 0.364 e. The molecule has 132 valence electrons. The minimum Gasteiger partial charge on any atom is -0.364 e. The van der Waals surface area contributed by atoms with Crippen molar-refractivity contribution >= 4 is 41.9 Å². The van der Waals surface area contributed by atoms with Crippen molar-refractivity contribution in [2.75, 3.05) is 31.7 Å². The minimum atomic E-state index is -0.416. The first-order valence-electron chi connectivity index (χ1n) is 6.86. The minimum absolute atomic E-state index is 0.00530. The Balaban J connectivity index is 0.000000891. The maximum Gasteiger partial charge on any atom is 0.202 e. The molecule has 24 heavy (non-hydrogen) atoms. The standard InChI is InChI=1S/C11H12BrFN6O2.C2H7P/c12-7-5-6(1-2-8(7)13)16-11(17-20)9-10(15-4-3-14)19-21-18-9;1-3-2/h1-2,5,20H,3-4,14H2,(H,15,19)(H,16,17);3H,1-2H3. The fraction of sp³-hybridized carbons (Fsp3) is 0.308. The number of halogens is 2. The topological polar surface area (TPSA) is 122 Å². The van der Waals surface area contributed by atoms with Gasteiger partial charge in [-0.05, 0) is 57.8 Å². The summed E-state index contributed by atoms with van der Waals surface area (Å²) in [5, 5.41) is 19.4. The van der Waals surface area contributed by atoms with Crippen molar-refractivity contribution in [3.63, 3.8) is 0 Å². The maximum atomic E-state index is 13.2. The molecule has 5 N–H and O–H groups in total. The first-order valence-corrected chi connectivity index (χ1v) is 9.65. The SMILES string of the molecule is CPC.NCCNc1nonc1C(=Nc1ccc(F)c(Br)c1)NO. The van der Waals surface area contributed by atoms with Crippen LogP contribution in [-0.4, -0.2) is 47.8 Å². The number of hydrogen-bond donors (Lipinski definition) is 4. The number of rotatable bonds is 5. The van der Waals surface area contributed by atoms with E-state index in [1.165, 1.54) is 18.2 Å². The Morgan fingerprint density at radius 2 is 2.17 bits per heavy atom. The highest BCUT2D eigenvalue weighted by molar-refractivity contribution is 9.10. The highest BCUT2D eigenvalue weighted by Gasteiger charge is 2.16. The number of nitrogens with one attached hydrogen (secondary N) is 2. The van der Waals surface area contributed by atoms with Crippen LogP contribution in [0.5, 0.6) is 0 Å². The summed E-state index contributed by atoms with van der Waals surface area (Å²) in [5.74, 6) is -0.142. The molecule has 11 heteroatoms. The zero-order valence-electron chi connectivity index (χ0n) is 13.2. The van der Waals surface area contributed by atoms with E-state index in [1.54, 1.807) is 0 Å². The lowest BCUT2D eigenvalue weighted by atomic mass is 10.3. The van der Waals surface area contributed by atoms with Gasteiger partial charge in [-0.2, -0.15) is 0 Å². The second-order valence-corrected chi connectivity index (χ2v) is 6.20. The monoisotopic (exact) mass is 420 g/mol. The number of aromatic nitrogens is 2. The van der Waals surface area contributed by atoms with Gasteiger partial charge in [0.1, 0.15) is 5.82 Å². The molecule has 8 nitrogen and oxygen atoms in total. The van der Waals surface area contributed by atoms with E-state index in [4.69, 9.17) is 5.73 Å². The molecule has 0 aliphatic heterocycles. The lowest BCUT2D eigenvalue weighted by molar-refractivity contribution is 0.234. The van der Waals surface area contributed by atoms with E-state index in [1.807, 2.05) is 5.48 Å². The van der Waals surface area contributed by atoms with E-state index in [9.17, 15) is 9.60 Å². The van der Waals surface area contributed by atoms with E-state index in [-0.39, 0.29) is 21.8 Å². The lowest BCUT2D eigenvalue weighted by Gasteiger charge is -2.04. The van der Waals surface area contributed by atoms with Crippen LogP contribution in [0.25, 0.3) is 0 Å². The Labute approximate surface area is 148 Å². The molecule has 0 atom stereocenters. The van der Waals surface area contributed by atoms with E-state index in [0.29, 0.717) is 18.8 Å². The third-order valence-electron chi connectivity index (χ3n) is 2.40. The molecule has 0 aliphatic rings. The van der Waals surface area contributed by atoms with Gasteiger partial charge in [-0.1, -0.05) is 0 Å². The zero-order valence-corrected chi connectivity index (χ0v) is 15.8. The van der Waals surface area contributed by atoms with Crippen LogP contribution >= 0.6 is 24.5 Å². The van der Waals surface area contributed by atoms with Gasteiger partial charge in [-0.25, -0.2) is 14.0 Å². The van der Waals surface area contributed by atoms with Crippen LogP contribution in [0.15, 0.2) is 32.3 Å². The number of hydrogen-bond acceptors (Lipinski definition) is 7. The average molecular weight is 421 g/mol. The van der Waals surface area contributed by atoms with Gasteiger partial charge in [0.25, 0.3) is 0 Å². The van der Waals surface area contributed by atoms with Crippen LogP contribution in [0.2, 0.25) is 0 Å². The number of nitrogens with two attached hydrogens (primary N) is 1. The molecule has 1 aromatic heterocycles. The summed E-state index contributed by atoms with van der Waals surface area (Å²) in [6, 6.07) is 4.14. The molecule has 0 spiro atoms. The highest BCUT2D eigenvalue weighted by Crippen LogP contribution is 2.23. The van der Waals surface area contributed by atoms with Crippen molar-refractivity contribution in [2.24, 2.45) is 10.7 Å². The Hall–Kier alpha value is -1.61. The molecule has 0 saturated carbocycles. The van der Waals surface area contributed by atoms with Crippen LogP contribution in [-0.2, 0) is 0 Å². The van der Waals surface area contributed by atoms with E-state index < -0.39 is 5.82 Å². The predicted molar refractivity (Wildman–Crippen MR) is 97.2 cm³/mol. The molecular weight excluding hydrogens is 402 g/mol. The average Bonchev–Trinajstić information content (AvgIpc) is 3.03. The van der Waals surface area contributed by atoms with Crippen molar-refractivity contribution < 1.29 is 14.2 Å². The molecule has 1 aromatic carbocycles. The van der Waals surface area contributed by atoms with Crippen LogP contribution in [0.4, 0.5) is 15.9 Å². The van der Waals surface area contributed by atoms with Gasteiger partial charge < -0.3 is 11.1 Å². The Kier molecular flexibility index (Phi) is 9.39. The summed E-state index contributed by atoms with van der Waals surface area (Å²) in [5.41, 5.74) is 7.86. The smallest absolute Gasteiger partial charge is 0.202 e. The van der Waals surface area contributed by atoms with Crippen LogP contribution in [0.1, 0.15) is 5.69 Å². The molecule has 0 aliphatic carbocycles. The quantitative estimate of drug-likeness (QED) is 0.253. The Bertz CT molecular complexity index is 670. The number of nitrogens with zero attached hydrogens (tertiary/aromatic N) is 3. The number of hydroxylamine groups is 1. The summed E-state index contributed by atoms with van der Waals surface area (Å²) in [4.78, 5) is 4.12. The molecule has 1 heterocycles. The maximum absolute atomic E-state index is 13.2. The molecule has 0 bridgehead atoms. The van der Waals surface area contributed by atoms with E-state index in [2.05, 4.69) is 54.5 Å².